The van der Waals surface area contributed by atoms with Crippen LogP contribution in [0.25, 0.3) is 21.5 Å². The number of nitriles is 2. The molecule has 0 atom stereocenters. The van der Waals surface area contributed by atoms with Crippen LogP contribution in [-0.4, -0.2) is 32.8 Å². The van der Waals surface area contributed by atoms with Gasteiger partial charge >= 0.3 is 5.97 Å². The van der Waals surface area contributed by atoms with E-state index in [4.69, 9.17) is 21.3 Å². The number of hydrogen-bond donors (Lipinski definition) is 0. The fourth-order valence-electron chi connectivity index (χ4n) is 5.49. The van der Waals surface area contributed by atoms with Crippen LogP contribution in [0.1, 0.15) is 80.5 Å². The molecule has 0 aliphatic heterocycles. The van der Waals surface area contributed by atoms with E-state index in [0.29, 0.717) is 24.2 Å². The van der Waals surface area contributed by atoms with Crippen molar-refractivity contribution in [1.82, 2.24) is 0 Å². The lowest BCUT2D eigenvalue weighted by molar-refractivity contribution is -0.138. The first-order chi connectivity index (χ1) is 25.4. The van der Waals surface area contributed by atoms with Crippen molar-refractivity contribution in [3.8, 4) is 40.9 Å². The zero-order valence-electron chi connectivity index (χ0n) is 30.0. The van der Waals surface area contributed by atoms with Gasteiger partial charge in [-0.05, 0) is 109 Å². The van der Waals surface area contributed by atoms with E-state index in [1.54, 1.807) is 36.4 Å². The second-order valence-corrected chi connectivity index (χ2v) is 12.4. The van der Waals surface area contributed by atoms with Gasteiger partial charge in [-0.25, -0.2) is 4.85 Å². The number of unbranched alkanes of at least 4 members (excludes halogenated alkanes) is 6. The third-order valence-electron chi connectivity index (χ3n) is 8.58. The molecule has 0 bridgehead atoms. The SMILES string of the molecule is [C-]#[N+]/C(C(=O)OCCCCCCOc1ccc(-c2ccc(C#N)cc2)cc1)=C(/C#N)c1ccc(C#Cc2ccc(N(C)CCCCCC)cc2)cc1. The highest BCUT2D eigenvalue weighted by atomic mass is 16.5. The van der Waals surface area contributed by atoms with E-state index >= 15 is 0 Å². The van der Waals surface area contributed by atoms with Gasteiger partial charge < -0.3 is 14.4 Å². The quantitative estimate of drug-likeness (QED) is 0.0274. The maximum atomic E-state index is 12.8. The van der Waals surface area contributed by atoms with E-state index in [0.717, 1.165) is 53.8 Å². The van der Waals surface area contributed by atoms with Gasteiger partial charge in [0, 0.05) is 30.4 Å². The molecule has 0 N–H and O–H groups in total. The van der Waals surface area contributed by atoms with Crippen LogP contribution >= 0.6 is 0 Å². The highest BCUT2D eigenvalue weighted by Gasteiger charge is 2.19. The standard InChI is InChI=1S/C45H44N4O3/c1-4-5-6-9-30-49(3)41-26-18-36(19-27-41)13-12-35-14-22-40(23-15-35)43(34-47)44(48-2)45(50)52-32-11-8-7-10-31-51-42-28-24-39(25-29-42)38-20-16-37(33-46)17-21-38/h14-29H,4-11,30-32H2,1,3H3/b44-43-. The molecule has 0 aromatic heterocycles. The van der Waals surface area contributed by atoms with Crippen molar-refractivity contribution >= 4 is 17.2 Å². The zero-order valence-corrected chi connectivity index (χ0v) is 30.0. The number of carbonyl (C=O) groups is 1. The van der Waals surface area contributed by atoms with Crippen LogP contribution < -0.4 is 9.64 Å². The van der Waals surface area contributed by atoms with Crippen LogP contribution in [0.2, 0.25) is 0 Å². The van der Waals surface area contributed by atoms with Crippen molar-refractivity contribution in [3.63, 3.8) is 0 Å². The van der Waals surface area contributed by atoms with Crippen LogP contribution in [0.15, 0.2) is 103 Å². The summed E-state index contributed by atoms with van der Waals surface area (Å²) in [5.74, 6) is 6.33. The average Bonchev–Trinajstić information content (AvgIpc) is 3.19. The monoisotopic (exact) mass is 688 g/mol. The maximum absolute atomic E-state index is 12.8. The summed E-state index contributed by atoms with van der Waals surface area (Å²) in [6.45, 7) is 11.6. The van der Waals surface area contributed by atoms with Crippen LogP contribution in [0, 0.1) is 41.1 Å². The number of carbonyl (C=O) groups excluding carboxylic acids is 1. The minimum absolute atomic E-state index is 0.0176. The lowest BCUT2D eigenvalue weighted by Gasteiger charge is -2.19. The average molecular weight is 689 g/mol. The summed E-state index contributed by atoms with van der Waals surface area (Å²) in [5, 5.41) is 18.8. The van der Waals surface area contributed by atoms with Gasteiger partial charge in [0.1, 0.15) is 5.75 Å². The first-order valence-corrected chi connectivity index (χ1v) is 17.8. The normalized spacial score (nSPS) is 10.8. The highest BCUT2D eigenvalue weighted by Crippen LogP contribution is 2.24. The summed E-state index contributed by atoms with van der Waals surface area (Å²) in [6, 6.07) is 34.6. The number of anilines is 1. The van der Waals surface area contributed by atoms with E-state index in [1.165, 1.54) is 31.4 Å². The van der Waals surface area contributed by atoms with Crippen molar-refractivity contribution in [2.24, 2.45) is 0 Å². The highest BCUT2D eigenvalue weighted by molar-refractivity contribution is 6.02. The molecule has 0 aliphatic carbocycles. The Morgan fingerprint density at radius 1 is 0.712 bits per heavy atom. The lowest BCUT2D eigenvalue weighted by Crippen LogP contribution is -2.18. The van der Waals surface area contributed by atoms with Gasteiger partial charge in [0.05, 0.1) is 43.1 Å². The number of nitrogens with zero attached hydrogens (tertiary/aromatic N) is 4. The summed E-state index contributed by atoms with van der Waals surface area (Å²) in [4.78, 5) is 18.4. The molecule has 0 unspecified atom stereocenters. The van der Waals surface area contributed by atoms with Crippen molar-refractivity contribution in [2.45, 2.75) is 58.3 Å². The first kappa shape index (κ1) is 38.5. The molecule has 4 aromatic carbocycles. The molecular weight excluding hydrogens is 645 g/mol. The number of allylic oxidation sites excluding steroid dienone is 1. The molecule has 0 heterocycles. The Morgan fingerprint density at radius 3 is 1.85 bits per heavy atom. The third-order valence-corrected chi connectivity index (χ3v) is 8.58. The number of ether oxygens (including phenoxy) is 2. The summed E-state index contributed by atoms with van der Waals surface area (Å²) in [7, 11) is 2.11. The van der Waals surface area contributed by atoms with Gasteiger partial charge in [-0.3, -0.25) is 4.79 Å². The van der Waals surface area contributed by atoms with Gasteiger partial charge in [0.2, 0.25) is 0 Å². The Labute approximate surface area is 308 Å². The van der Waals surface area contributed by atoms with Crippen molar-refractivity contribution in [3.05, 3.63) is 136 Å². The second-order valence-electron chi connectivity index (χ2n) is 12.4. The van der Waals surface area contributed by atoms with Crippen molar-refractivity contribution in [2.75, 3.05) is 31.7 Å². The summed E-state index contributed by atoms with van der Waals surface area (Å²) < 4.78 is 11.2. The molecule has 0 fully saturated rings. The Morgan fingerprint density at radius 2 is 1.27 bits per heavy atom. The lowest BCUT2D eigenvalue weighted by atomic mass is 10.0. The minimum atomic E-state index is -0.793. The first-order valence-electron chi connectivity index (χ1n) is 17.8. The van der Waals surface area contributed by atoms with E-state index in [-0.39, 0.29) is 17.9 Å². The summed E-state index contributed by atoms with van der Waals surface area (Å²) >= 11 is 0. The van der Waals surface area contributed by atoms with E-state index in [2.05, 4.69) is 53.8 Å². The van der Waals surface area contributed by atoms with Crippen molar-refractivity contribution < 1.29 is 14.3 Å². The van der Waals surface area contributed by atoms with E-state index in [9.17, 15) is 10.1 Å². The second kappa shape index (κ2) is 21.1. The minimum Gasteiger partial charge on any atom is -0.494 e. The molecule has 262 valence electrons. The Kier molecular flexibility index (Phi) is 15.6. The molecule has 52 heavy (non-hydrogen) atoms. The topological polar surface area (TPSA) is 90.7 Å². The molecule has 0 radical (unpaired) electrons. The largest absolute Gasteiger partial charge is 0.494 e. The summed E-state index contributed by atoms with van der Waals surface area (Å²) in [6.07, 6.45) is 8.15. The van der Waals surface area contributed by atoms with Gasteiger partial charge in [0.15, 0.2) is 0 Å². The summed E-state index contributed by atoms with van der Waals surface area (Å²) in [5.41, 5.74) is 5.67. The molecule has 0 saturated heterocycles. The Bertz CT molecular complexity index is 1960. The number of esters is 1. The van der Waals surface area contributed by atoms with Crippen molar-refractivity contribution in [1.29, 1.82) is 10.5 Å². The molecule has 0 aliphatic rings. The van der Waals surface area contributed by atoms with E-state index < -0.39 is 5.97 Å². The van der Waals surface area contributed by atoms with Gasteiger partial charge in [-0.2, -0.15) is 10.5 Å². The van der Waals surface area contributed by atoms with E-state index in [1.807, 2.05) is 54.6 Å². The Balaban J connectivity index is 1.18. The maximum Gasteiger partial charge on any atom is 0.337 e. The molecular formula is C45H44N4O3. The Hall–Kier alpha value is -6.28. The van der Waals surface area contributed by atoms with Crippen LogP contribution in [0.3, 0.4) is 0 Å². The van der Waals surface area contributed by atoms with Gasteiger partial charge in [-0.15, -0.1) is 0 Å². The molecule has 4 aromatic rings. The van der Waals surface area contributed by atoms with Crippen LogP contribution in [0.5, 0.6) is 5.75 Å². The third kappa shape index (κ3) is 11.9. The predicted molar refractivity (Wildman–Crippen MR) is 207 cm³/mol. The fourth-order valence-corrected chi connectivity index (χ4v) is 5.49. The molecule has 7 heteroatoms. The molecule has 4 rings (SSSR count). The van der Waals surface area contributed by atoms with Gasteiger partial charge in [0.25, 0.3) is 5.70 Å². The molecule has 0 saturated carbocycles. The number of rotatable bonds is 17. The predicted octanol–water partition coefficient (Wildman–Crippen LogP) is 9.98. The smallest absolute Gasteiger partial charge is 0.337 e. The fraction of sp³-hybridized carbons (Fsp3) is 0.289. The molecule has 0 amide bonds. The number of hydrogen-bond acceptors (Lipinski definition) is 6. The molecule has 0 spiro atoms. The van der Waals surface area contributed by atoms with Crippen LogP contribution in [0.4, 0.5) is 5.69 Å². The van der Waals surface area contributed by atoms with Gasteiger partial charge in [-0.1, -0.05) is 74.4 Å². The van der Waals surface area contributed by atoms with Crippen LogP contribution in [-0.2, 0) is 9.53 Å². The zero-order chi connectivity index (χ0) is 37.0. The number of benzene rings is 4. The molecule has 7 nitrogen and oxygen atoms in total.